The second-order valence-corrected chi connectivity index (χ2v) is 5.93. The van der Waals surface area contributed by atoms with Crippen LogP contribution in [0.5, 0.6) is 0 Å². The molecule has 0 saturated carbocycles. The minimum absolute atomic E-state index is 0.199. The summed E-state index contributed by atoms with van der Waals surface area (Å²) in [6.07, 6.45) is 0.921. The number of nitrogens with two attached hydrogens (primary N) is 1. The van der Waals surface area contributed by atoms with Crippen LogP contribution < -0.4 is 10.6 Å². The number of nitrogens with zero attached hydrogens (tertiary/aromatic N) is 2. The zero-order chi connectivity index (χ0) is 15.4. The van der Waals surface area contributed by atoms with Crippen molar-refractivity contribution in [2.45, 2.75) is 39.8 Å². The van der Waals surface area contributed by atoms with Crippen molar-refractivity contribution in [3.63, 3.8) is 0 Å². The molecular formula is C18H25N3. The van der Waals surface area contributed by atoms with Crippen molar-refractivity contribution in [2.24, 2.45) is 5.73 Å². The van der Waals surface area contributed by atoms with Gasteiger partial charge >= 0.3 is 0 Å². The fourth-order valence-electron chi connectivity index (χ4n) is 2.66. The van der Waals surface area contributed by atoms with Crippen LogP contribution in [0.4, 0.5) is 5.69 Å². The second-order valence-electron chi connectivity index (χ2n) is 5.93. The van der Waals surface area contributed by atoms with E-state index in [1.165, 1.54) is 16.8 Å². The number of hydrogen-bond acceptors (Lipinski definition) is 3. The smallest absolute Gasteiger partial charge is 0.0600 e. The van der Waals surface area contributed by atoms with E-state index in [1.807, 2.05) is 19.9 Å². The average Bonchev–Trinajstić information content (AvgIpc) is 2.37. The number of aromatic nitrogens is 1. The predicted molar refractivity (Wildman–Crippen MR) is 89.6 cm³/mol. The van der Waals surface area contributed by atoms with E-state index in [-0.39, 0.29) is 6.04 Å². The van der Waals surface area contributed by atoms with E-state index in [0.29, 0.717) is 0 Å². The summed E-state index contributed by atoms with van der Waals surface area (Å²) in [6, 6.07) is 12.9. The molecule has 0 saturated heterocycles. The number of aryl methyl sites for hydroxylation is 2. The molecule has 1 unspecified atom stereocenters. The van der Waals surface area contributed by atoms with E-state index >= 15 is 0 Å². The summed E-state index contributed by atoms with van der Waals surface area (Å²) in [5.41, 5.74) is 11.8. The van der Waals surface area contributed by atoms with Crippen LogP contribution in [0.2, 0.25) is 0 Å². The van der Waals surface area contributed by atoms with Crippen molar-refractivity contribution >= 4 is 5.69 Å². The Kier molecular flexibility index (Phi) is 4.97. The molecule has 3 nitrogen and oxygen atoms in total. The SMILES string of the molecule is Cc1cccc(CN(C)c2ccc(CC(C)N)cc2C)n1. The van der Waals surface area contributed by atoms with Crippen molar-refractivity contribution in [3.05, 3.63) is 58.9 Å². The fraction of sp³-hybridized carbons (Fsp3) is 0.389. The summed E-state index contributed by atoms with van der Waals surface area (Å²) in [6.45, 7) is 7.03. The molecule has 2 rings (SSSR count). The molecule has 112 valence electrons. The summed E-state index contributed by atoms with van der Waals surface area (Å²) in [5.74, 6) is 0. The molecule has 2 N–H and O–H groups in total. The van der Waals surface area contributed by atoms with E-state index in [1.54, 1.807) is 0 Å². The van der Waals surface area contributed by atoms with Gasteiger partial charge in [-0.3, -0.25) is 4.98 Å². The normalized spacial score (nSPS) is 12.2. The van der Waals surface area contributed by atoms with Gasteiger partial charge in [-0.15, -0.1) is 0 Å². The van der Waals surface area contributed by atoms with Crippen LogP contribution in [0, 0.1) is 13.8 Å². The minimum Gasteiger partial charge on any atom is -0.368 e. The minimum atomic E-state index is 0.199. The molecule has 1 atom stereocenters. The lowest BCUT2D eigenvalue weighted by Crippen LogP contribution is -2.20. The van der Waals surface area contributed by atoms with Crippen LogP contribution >= 0.6 is 0 Å². The van der Waals surface area contributed by atoms with Gasteiger partial charge in [0.25, 0.3) is 0 Å². The molecule has 0 spiro atoms. The van der Waals surface area contributed by atoms with Crippen LogP contribution in [0.1, 0.15) is 29.4 Å². The third-order valence-corrected chi connectivity index (χ3v) is 3.58. The lowest BCUT2D eigenvalue weighted by atomic mass is 10.0. The predicted octanol–water partition coefficient (Wildman–Crippen LogP) is 3.22. The van der Waals surface area contributed by atoms with E-state index in [2.05, 4.69) is 54.2 Å². The van der Waals surface area contributed by atoms with E-state index in [4.69, 9.17) is 5.73 Å². The van der Waals surface area contributed by atoms with Crippen molar-refractivity contribution < 1.29 is 0 Å². The van der Waals surface area contributed by atoms with Gasteiger partial charge in [-0.25, -0.2) is 0 Å². The van der Waals surface area contributed by atoms with Gasteiger partial charge in [0.05, 0.1) is 12.2 Å². The van der Waals surface area contributed by atoms with Crippen molar-refractivity contribution in [1.29, 1.82) is 0 Å². The number of anilines is 1. The summed E-state index contributed by atoms with van der Waals surface area (Å²) >= 11 is 0. The van der Waals surface area contributed by atoms with Crippen LogP contribution in [0.15, 0.2) is 36.4 Å². The Bertz CT molecular complexity index is 605. The van der Waals surface area contributed by atoms with Gasteiger partial charge in [-0.05, 0) is 56.5 Å². The molecule has 1 aromatic carbocycles. The molecule has 0 aliphatic rings. The first kappa shape index (κ1) is 15.5. The van der Waals surface area contributed by atoms with Crippen LogP contribution in [0.3, 0.4) is 0 Å². The molecule has 0 aliphatic carbocycles. The number of pyridine rings is 1. The van der Waals surface area contributed by atoms with Crippen molar-refractivity contribution in [1.82, 2.24) is 4.98 Å². The zero-order valence-corrected chi connectivity index (χ0v) is 13.4. The quantitative estimate of drug-likeness (QED) is 0.916. The third kappa shape index (κ3) is 4.30. The molecule has 21 heavy (non-hydrogen) atoms. The van der Waals surface area contributed by atoms with Crippen LogP contribution in [0.25, 0.3) is 0 Å². The van der Waals surface area contributed by atoms with Crippen LogP contribution in [-0.4, -0.2) is 18.1 Å². The monoisotopic (exact) mass is 283 g/mol. The van der Waals surface area contributed by atoms with Gasteiger partial charge in [0.1, 0.15) is 0 Å². The Morgan fingerprint density at radius 3 is 2.57 bits per heavy atom. The van der Waals surface area contributed by atoms with Crippen LogP contribution in [-0.2, 0) is 13.0 Å². The highest BCUT2D eigenvalue weighted by atomic mass is 15.1. The van der Waals surface area contributed by atoms with Gasteiger partial charge < -0.3 is 10.6 Å². The molecular weight excluding hydrogens is 258 g/mol. The number of rotatable bonds is 5. The summed E-state index contributed by atoms with van der Waals surface area (Å²) in [4.78, 5) is 6.81. The van der Waals surface area contributed by atoms with Gasteiger partial charge in [-0.2, -0.15) is 0 Å². The number of hydrogen-bond donors (Lipinski definition) is 1. The Labute approximate surface area is 127 Å². The van der Waals surface area contributed by atoms with Gasteiger partial charge in [-0.1, -0.05) is 18.2 Å². The number of benzene rings is 1. The Morgan fingerprint density at radius 2 is 1.95 bits per heavy atom. The summed E-state index contributed by atoms with van der Waals surface area (Å²) in [7, 11) is 2.11. The highest BCUT2D eigenvalue weighted by Crippen LogP contribution is 2.22. The molecule has 1 aromatic heterocycles. The van der Waals surface area contributed by atoms with E-state index < -0.39 is 0 Å². The Morgan fingerprint density at radius 1 is 1.19 bits per heavy atom. The molecule has 0 amide bonds. The standard InChI is InChI=1S/C18H25N3/c1-13-10-16(11-14(2)19)8-9-18(13)21(4)12-17-7-5-6-15(3)20-17/h5-10,14H,11-12,19H2,1-4H3. The molecule has 0 radical (unpaired) electrons. The first-order valence-corrected chi connectivity index (χ1v) is 7.44. The lowest BCUT2D eigenvalue weighted by molar-refractivity contribution is 0.737. The summed E-state index contributed by atoms with van der Waals surface area (Å²) < 4.78 is 0. The molecule has 2 aromatic rings. The lowest BCUT2D eigenvalue weighted by Gasteiger charge is -2.22. The molecule has 0 aliphatic heterocycles. The average molecular weight is 283 g/mol. The highest BCUT2D eigenvalue weighted by molar-refractivity contribution is 5.54. The highest BCUT2D eigenvalue weighted by Gasteiger charge is 2.08. The maximum atomic E-state index is 5.87. The Balaban J connectivity index is 2.13. The molecule has 1 heterocycles. The largest absolute Gasteiger partial charge is 0.368 e. The first-order valence-electron chi connectivity index (χ1n) is 7.44. The maximum Gasteiger partial charge on any atom is 0.0600 e. The third-order valence-electron chi connectivity index (χ3n) is 3.58. The molecule has 0 fully saturated rings. The van der Waals surface area contributed by atoms with Gasteiger partial charge in [0, 0.05) is 24.5 Å². The van der Waals surface area contributed by atoms with Crippen molar-refractivity contribution in [3.8, 4) is 0 Å². The van der Waals surface area contributed by atoms with Crippen molar-refractivity contribution in [2.75, 3.05) is 11.9 Å². The molecule has 3 heteroatoms. The zero-order valence-electron chi connectivity index (χ0n) is 13.4. The topological polar surface area (TPSA) is 42.1 Å². The fourth-order valence-corrected chi connectivity index (χ4v) is 2.66. The van der Waals surface area contributed by atoms with Gasteiger partial charge in [0.2, 0.25) is 0 Å². The van der Waals surface area contributed by atoms with Gasteiger partial charge in [0.15, 0.2) is 0 Å². The first-order chi connectivity index (χ1) is 9.95. The van der Waals surface area contributed by atoms with E-state index in [9.17, 15) is 0 Å². The van der Waals surface area contributed by atoms with E-state index in [0.717, 1.165) is 24.4 Å². The second kappa shape index (κ2) is 6.72. The molecule has 0 bridgehead atoms. The summed E-state index contributed by atoms with van der Waals surface area (Å²) in [5, 5.41) is 0. The maximum absolute atomic E-state index is 5.87. The Hall–Kier alpha value is -1.87.